The third-order valence-electron chi connectivity index (χ3n) is 4.81. The number of thiol groups is 1. The fourth-order valence-corrected chi connectivity index (χ4v) is 3.49. The molecule has 2 nitrogen and oxygen atoms in total. The fraction of sp³-hybridized carbons (Fsp3) is 1.00. The highest BCUT2D eigenvalue weighted by Crippen LogP contribution is 2.31. The second-order valence-electron chi connectivity index (χ2n) is 5.98. The Morgan fingerprint density at radius 1 is 1.11 bits per heavy atom. The van der Waals surface area contributed by atoms with Gasteiger partial charge in [0.15, 0.2) is 0 Å². The maximum Gasteiger partial charge on any atom is 0.0468 e. The molecule has 3 heteroatoms. The molecule has 0 N–H and O–H groups in total. The van der Waals surface area contributed by atoms with Crippen molar-refractivity contribution in [1.82, 2.24) is 4.90 Å². The molecule has 0 aromatic carbocycles. The lowest BCUT2D eigenvalue weighted by molar-refractivity contribution is 0.0303. The maximum absolute atomic E-state index is 5.47. The number of hydrogen-bond donors (Lipinski definition) is 1. The molecule has 0 spiro atoms. The van der Waals surface area contributed by atoms with Crippen molar-refractivity contribution in [3.05, 3.63) is 0 Å². The Morgan fingerprint density at radius 3 is 2.33 bits per heavy atom. The zero-order chi connectivity index (χ0) is 12.8. The van der Waals surface area contributed by atoms with Gasteiger partial charge in [-0.3, -0.25) is 0 Å². The van der Waals surface area contributed by atoms with Crippen LogP contribution in [0, 0.1) is 11.8 Å². The minimum absolute atomic E-state index is 0.596. The monoisotopic (exact) mass is 271 g/mol. The first kappa shape index (κ1) is 14.7. The Bertz CT molecular complexity index is 223. The van der Waals surface area contributed by atoms with E-state index in [1.165, 1.54) is 58.2 Å². The van der Waals surface area contributed by atoms with E-state index in [-0.39, 0.29) is 0 Å². The molecule has 0 amide bonds. The Hall–Kier alpha value is 0.270. The molecule has 18 heavy (non-hydrogen) atoms. The summed E-state index contributed by atoms with van der Waals surface area (Å²) in [5.74, 6) is 1.93. The van der Waals surface area contributed by atoms with E-state index in [1.807, 2.05) is 0 Å². The lowest BCUT2D eigenvalue weighted by Gasteiger charge is -2.37. The number of piperidine rings is 1. The topological polar surface area (TPSA) is 12.5 Å². The van der Waals surface area contributed by atoms with Crippen LogP contribution in [0.15, 0.2) is 0 Å². The van der Waals surface area contributed by atoms with Crippen LogP contribution in [-0.4, -0.2) is 43.0 Å². The number of hydrogen-bond acceptors (Lipinski definition) is 3. The second kappa shape index (κ2) is 7.76. The van der Waals surface area contributed by atoms with Crippen LogP contribution in [0.4, 0.5) is 0 Å². The van der Waals surface area contributed by atoms with Crippen LogP contribution in [-0.2, 0) is 4.74 Å². The molecule has 1 atom stereocenters. The quantitative estimate of drug-likeness (QED) is 0.771. The van der Waals surface area contributed by atoms with Crippen LogP contribution >= 0.6 is 12.6 Å². The molecule has 106 valence electrons. The molecule has 2 fully saturated rings. The van der Waals surface area contributed by atoms with Crippen molar-refractivity contribution in [2.45, 2.75) is 50.7 Å². The molecule has 2 saturated heterocycles. The summed E-state index contributed by atoms with van der Waals surface area (Å²) in [5, 5.41) is 0.596. The minimum Gasteiger partial charge on any atom is -0.381 e. The van der Waals surface area contributed by atoms with E-state index in [1.54, 1.807) is 0 Å². The van der Waals surface area contributed by atoms with Crippen molar-refractivity contribution in [3.63, 3.8) is 0 Å². The van der Waals surface area contributed by atoms with Crippen LogP contribution in [0.25, 0.3) is 0 Å². The van der Waals surface area contributed by atoms with Crippen LogP contribution < -0.4 is 0 Å². The van der Waals surface area contributed by atoms with E-state index < -0.39 is 0 Å². The molecule has 2 rings (SSSR count). The van der Waals surface area contributed by atoms with Gasteiger partial charge < -0.3 is 9.64 Å². The summed E-state index contributed by atoms with van der Waals surface area (Å²) >= 11 is 4.59. The fourth-order valence-electron chi connectivity index (χ4n) is 3.37. The van der Waals surface area contributed by atoms with E-state index in [0.29, 0.717) is 5.25 Å². The van der Waals surface area contributed by atoms with E-state index in [4.69, 9.17) is 4.74 Å². The van der Waals surface area contributed by atoms with Gasteiger partial charge in [0.1, 0.15) is 0 Å². The molecule has 0 radical (unpaired) electrons. The number of ether oxygens (including phenoxy) is 1. The largest absolute Gasteiger partial charge is 0.381 e. The van der Waals surface area contributed by atoms with Crippen molar-refractivity contribution >= 4 is 12.6 Å². The van der Waals surface area contributed by atoms with Crippen molar-refractivity contribution < 1.29 is 4.74 Å². The molecule has 0 aromatic heterocycles. The number of nitrogens with zero attached hydrogens (tertiary/aromatic N) is 1. The third kappa shape index (κ3) is 4.43. The molecular weight excluding hydrogens is 242 g/mol. The first-order chi connectivity index (χ1) is 8.79. The zero-order valence-electron chi connectivity index (χ0n) is 11.8. The van der Waals surface area contributed by atoms with Crippen molar-refractivity contribution in [1.29, 1.82) is 0 Å². The van der Waals surface area contributed by atoms with E-state index in [9.17, 15) is 0 Å². The smallest absolute Gasteiger partial charge is 0.0468 e. The highest BCUT2D eigenvalue weighted by molar-refractivity contribution is 7.80. The van der Waals surface area contributed by atoms with Crippen LogP contribution in [0.2, 0.25) is 0 Å². The van der Waals surface area contributed by atoms with Gasteiger partial charge in [0.25, 0.3) is 0 Å². The summed E-state index contributed by atoms with van der Waals surface area (Å²) in [7, 11) is 0. The van der Waals surface area contributed by atoms with Crippen molar-refractivity contribution in [2.24, 2.45) is 11.8 Å². The molecule has 1 unspecified atom stereocenters. The van der Waals surface area contributed by atoms with Crippen LogP contribution in [0.1, 0.15) is 45.4 Å². The second-order valence-corrected chi connectivity index (χ2v) is 6.71. The van der Waals surface area contributed by atoms with E-state index in [0.717, 1.165) is 25.0 Å². The normalized spacial score (nSPS) is 26.3. The molecule has 0 bridgehead atoms. The molecular formula is C15H29NOS. The van der Waals surface area contributed by atoms with Gasteiger partial charge in [0.2, 0.25) is 0 Å². The minimum atomic E-state index is 0.596. The summed E-state index contributed by atoms with van der Waals surface area (Å²) < 4.78 is 5.47. The van der Waals surface area contributed by atoms with Gasteiger partial charge in [-0.25, -0.2) is 0 Å². The summed E-state index contributed by atoms with van der Waals surface area (Å²) in [6.07, 6.45) is 7.88. The first-order valence-corrected chi connectivity index (χ1v) is 8.29. The average Bonchev–Trinajstić information content (AvgIpc) is 2.46. The Morgan fingerprint density at radius 2 is 1.72 bits per heavy atom. The molecule has 0 aromatic rings. The predicted octanol–water partition coefficient (Wildman–Crippen LogP) is 3.22. The third-order valence-corrected chi connectivity index (χ3v) is 5.44. The lowest BCUT2D eigenvalue weighted by atomic mass is 9.80. The first-order valence-electron chi connectivity index (χ1n) is 7.77. The van der Waals surface area contributed by atoms with E-state index >= 15 is 0 Å². The van der Waals surface area contributed by atoms with Gasteiger partial charge in [-0.1, -0.05) is 6.92 Å². The lowest BCUT2D eigenvalue weighted by Crippen LogP contribution is -2.38. The highest BCUT2D eigenvalue weighted by atomic mass is 32.1. The van der Waals surface area contributed by atoms with E-state index in [2.05, 4.69) is 24.5 Å². The standard InChI is InChI=1S/C15H29NOS/c1-2-15(18)5-10-16-8-3-13(4-9-16)14-6-11-17-12-7-14/h13-15,18H,2-12H2,1H3. The Kier molecular flexibility index (Phi) is 6.33. The predicted molar refractivity (Wildman–Crippen MR) is 80.4 cm³/mol. The van der Waals surface area contributed by atoms with Crippen LogP contribution in [0.3, 0.4) is 0 Å². The molecule has 2 aliphatic rings. The van der Waals surface area contributed by atoms with Crippen molar-refractivity contribution in [2.75, 3.05) is 32.8 Å². The summed E-state index contributed by atoms with van der Waals surface area (Å²) in [6, 6.07) is 0. The Balaban J connectivity index is 1.64. The zero-order valence-corrected chi connectivity index (χ0v) is 12.7. The van der Waals surface area contributed by atoms with Gasteiger partial charge in [-0.05, 0) is 70.0 Å². The van der Waals surface area contributed by atoms with Gasteiger partial charge in [-0.2, -0.15) is 12.6 Å². The molecule has 0 aliphatic carbocycles. The van der Waals surface area contributed by atoms with Gasteiger partial charge in [0, 0.05) is 18.5 Å². The van der Waals surface area contributed by atoms with Crippen molar-refractivity contribution in [3.8, 4) is 0 Å². The van der Waals surface area contributed by atoms with Gasteiger partial charge in [-0.15, -0.1) is 0 Å². The molecule has 2 heterocycles. The SMILES string of the molecule is CCC(S)CCN1CCC(C2CCOCC2)CC1. The number of likely N-dealkylation sites (tertiary alicyclic amines) is 1. The highest BCUT2D eigenvalue weighted by Gasteiger charge is 2.27. The molecule has 0 saturated carbocycles. The maximum atomic E-state index is 5.47. The molecule has 2 aliphatic heterocycles. The van der Waals surface area contributed by atoms with Crippen LogP contribution in [0.5, 0.6) is 0 Å². The van der Waals surface area contributed by atoms with Gasteiger partial charge in [0.05, 0.1) is 0 Å². The summed E-state index contributed by atoms with van der Waals surface area (Å²) in [6.45, 7) is 8.11. The average molecular weight is 271 g/mol. The Labute approximate surface area is 118 Å². The summed E-state index contributed by atoms with van der Waals surface area (Å²) in [5.41, 5.74) is 0. The van der Waals surface area contributed by atoms with Gasteiger partial charge >= 0.3 is 0 Å². The summed E-state index contributed by atoms with van der Waals surface area (Å²) in [4.78, 5) is 2.65. The number of rotatable bonds is 5.